The molecule has 3 heterocycles. The standard InChI is InChI=1S/C22H24N6O2/c1-22(29)8-5-15(6-9-22)25-21-26-19-18(20(27-21)30-2)16(12-23-19)13-3-4-17-14(11-13)7-10-24-28-17/h3-4,7,10-12,15,29H,5-6,8-9H2,1-2H3,(H2,23,25,26,27). The van der Waals surface area contributed by atoms with Crippen molar-refractivity contribution in [2.24, 2.45) is 0 Å². The summed E-state index contributed by atoms with van der Waals surface area (Å²) in [6.45, 7) is 1.90. The third-order valence-corrected chi connectivity index (χ3v) is 5.91. The van der Waals surface area contributed by atoms with Crippen LogP contribution in [-0.4, -0.2) is 49.0 Å². The van der Waals surface area contributed by atoms with Crippen LogP contribution in [0.2, 0.25) is 0 Å². The lowest BCUT2D eigenvalue weighted by atomic mass is 9.84. The molecule has 0 amide bonds. The first kappa shape index (κ1) is 18.7. The van der Waals surface area contributed by atoms with Crippen LogP contribution in [0.5, 0.6) is 5.88 Å². The van der Waals surface area contributed by atoms with Crippen molar-refractivity contribution in [2.75, 3.05) is 12.4 Å². The summed E-state index contributed by atoms with van der Waals surface area (Å²) in [5.74, 6) is 1.06. The summed E-state index contributed by atoms with van der Waals surface area (Å²) in [5, 5.41) is 23.5. The molecule has 0 spiro atoms. The number of aliphatic hydroxyl groups is 1. The Kier molecular flexibility index (Phi) is 4.51. The van der Waals surface area contributed by atoms with Crippen LogP contribution in [-0.2, 0) is 0 Å². The Hall–Kier alpha value is -3.26. The number of anilines is 1. The van der Waals surface area contributed by atoms with Crippen LogP contribution in [0.4, 0.5) is 5.95 Å². The number of aromatic amines is 1. The van der Waals surface area contributed by atoms with Gasteiger partial charge < -0.3 is 20.1 Å². The maximum Gasteiger partial charge on any atom is 0.228 e. The molecule has 1 aromatic carbocycles. The van der Waals surface area contributed by atoms with E-state index in [2.05, 4.69) is 36.5 Å². The number of methoxy groups -OCH3 is 1. The average molecular weight is 404 g/mol. The van der Waals surface area contributed by atoms with E-state index in [0.29, 0.717) is 11.8 Å². The average Bonchev–Trinajstić information content (AvgIpc) is 3.18. The highest BCUT2D eigenvalue weighted by Crippen LogP contribution is 2.36. The van der Waals surface area contributed by atoms with Gasteiger partial charge in [-0.05, 0) is 56.4 Å². The van der Waals surface area contributed by atoms with Crippen molar-refractivity contribution in [3.63, 3.8) is 0 Å². The van der Waals surface area contributed by atoms with Crippen LogP contribution >= 0.6 is 0 Å². The summed E-state index contributed by atoms with van der Waals surface area (Å²) in [6, 6.07) is 8.23. The molecular formula is C22H24N6O2. The van der Waals surface area contributed by atoms with E-state index in [1.54, 1.807) is 13.3 Å². The molecule has 0 atom stereocenters. The fourth-order valence-electron chi connectivity index (χ4n) is 4.16. The van der Waals surface area contributed by atoms with Crippen molar-refractivity contribution in [3.05, 3.63) is 36.7 Å². The molecule has 0 unspecified atom stereocenters. The van der Waals surface area contributed by atoms with Gasteiger partial charge in [-0.1, -0.05) is 6.07 Å². The van der Waals surface area contributed by atoms with Gasteiger partial charge in [-0.2, -0.15) is 20.2 Å². The van der Waals surface area contributed by atoms with E-state index in [-0.39, 0.29) is 6.04 Å². The highest BCUT2D eigenvalue weighted by Gasteiger charge is 2.29. The molecule has 1 aliphatic rings. The first-order chi connectivity index (χ1) is 14.5. The first-order valence-corrected chi connectivity index (χ1v) is 10.2. The molecule has 0 bridgehead atoms. The monoisotopic (exact) mass is 404 g/mol. The van der Waals surface area contributed by atoms with Crippen LogP contribution < -0.4 is 10.1 Å². The molecule has 0 radical (unpaired) electrons. The zero-order valence-electron chi connectivity index (χ0n) is 17.0. The zero-order valence-corrected chi connectivity index (χ0v) is 17.0. The highest BCUT2D eigenvalue weighted by atomic mass is 16.5. The van der Waals surface area contributed by atoms with Crippen LogP contribution in [0.25, 0.3) is 33.1 Å². The van der Waals surface area contributed by atoms with E-state index in [1.807, 2.05) is 31.3 Å². The normalized spacial score (nSPS) is 21.8. The molecule has 3 N–H and O–H groups in total. The molecule has 30 heavy (non-hydrogen) atoms. The van der Waals surface area contributed by atoms with Crippen LogP contribution in [0.15, 0.2) is 36.7 Å². The van der Waals surface area contributed by atoms with Gasteiger partial charge in [0.1, 0.15) is 5.65 Å². The molecular weight excluding hydrogens is 380 g/mol. The quantitative estimate of drug-likeness (QED) is 0.476. The van der Waals surface area contributed by atoms with Gasteiger partial charge in [0.2, 0.25) is 11.8 Å². The minimum absolute atomic E-state index is 0.239. The number of aromatic nitrogens is 5. The molecule has 3 aromatic heterocycles. The Morgan fingerprint density at radius 2 is 2.03 bits per heavy atom. The number of hydrogen-bond acceptors (Lipinski definition) is 7. The molecule has 1 saturated carbocycles. The SMILES string of the molecule is COc1nc(NC2CCC(C)(O)CC2)nc2[nH]cc(-c3ccc4nnccc4c3)c12. The number of ether oxygens (including phenoxy) is 1. The number of nitrogens with zero attached hydrogens (tertiary/aromatic N) is 4. The Labute approximate surface area is 173 Å². The lowest BCUT2D eigenvalue weighted by molar-refractivity contribution is 0.0195. The fourth-order valence-corrected chi connectivity index (χ4v) is 4.16. The maximum atomic E-state index is 10.2. The number of nitrogens with one attached hydrogen (secondary N) is 2. The van der Waals surface area contributed by atoms with Crippen molar-refractivity contribution < 1.29 is 9.84 Å². The predicted molar refractivity (Wildman–Crippen MR) is 115 cm³/mol. The number of hydrogen-bond donors (Lipinski definition) is 3. The Bertz CT molecular complexity index is 1210. The van der Waals surface area contributed by atoms with Gasteiger partial charge in [-0.3, -0.25) is 0 Å². The van der Waals surface area contributed by atoms with Crippen LogP contribution in [0.3, 0.4) is 0 Å². The van der Waals surface area contributed by atoms with Gasteiger partial charge in [-0.15, -0.1) is 0 Å². The van der Waals surface area contributed by atoms with Crippen molar-refractivity contribution in [1.82, 2.24) is 25.1 Å². The third-order valence-electron chi connectivity index (χ3n) is 5.91. The topological polar surface area (TPSA) is 109 Å². The third kappa shape index (κ3) is 3.43. The summed E-state index contributed by atoms with van der Waals surface area (Å²) < 4.78 is 5.62. The lowest BCUT2D eigenvalue weighted by Gasteiger charge is -2.33. The van der Waals surface area contributed by atoms with E-state index < -0.39 is 5.60 Å². The van der Waals surface area contributed by atoms with Gasteiger partial charge in [-0.25, -0.2) is 0 Å². The number of benzene rings is 1. The van der Waals surface area contributed by atoms with Crippen molar-refractivity contribution in [1.29, 1.82) is 0 Å². The molecule has 1 fully saturated rings. The summed E-state index contributed by atoms with van der Waals surface area (Å²) in [5.41, 5.74) is 3.00. The van der Waals surface area contributed by atoms with E-state index >= 15 is 0 Å². The fraction of sp³-hybridized carbons (Fsp3) is 0.364. The predicted octanol–water partition coefficient (Wildman–Crippen LogP) is 3.68. The Balaban J connectivity index is 1.49. The minimum Gasteiger partial charge on any atom is -0.480 e. The summed E-state index contributed by atoms with van der Waals surface area (Å²) in [7, 11) is 1.62. The largest absolute Gasteiger partial charge is 0.480 e. The number of fused-ring (bicyclic) bond motifs is 2. The second-order valence-corrected chi connectivity index (χ2v) is 8.20. The summed E-state index contributed by atoms with van der Waals surface area (Å²) in [6.07, 6.45) is 6.91. The molecule has 154 valence electrons. The van der Waals surface area contributed by atoms with E-state index in [4.69, 9.17) is 4.74 Å². The minimum atomic E-state index is -0.569. The van der Waals surface area contributed by atoms with Crippen LogP contribution in [0, 0.1) is 0 Å². The lowest BCUT2D eigenvalue weighted by Crippen LogP contribution is -2.36. The second kappa shape index (κ2) is 7.21. The van der Waals surface area contributed by atoms with E-state index in [9.17, 15) is 5.11 Å². The van der Waals surface area contributed by atoms with Gasteiger partial charge in [0, 0.05) is 23.2 Å². The van der Waals surface area contributed by atoms with Crippen molar-refractivity contribution in [3.8, 4) is 17.0 Å². The van der Waals surface area contributed by atoms with Crippen LogP contribution in [0.1, 0.15) is 32.6 Å². The second-order valence-electron chi connectivity index (χ2n) is 8.20. The van der Waals surface area contributed by atoms with Crippen molar-refractivity contribution >= 4 is 27.9 Å². The van der Waals surface area contributed by atoms with Gasteiger partial charge in [0.25, 0.3) is 0 Å². The molecule has 8 heteroatoms. The van der Waals surface area contributed by atoms with E-state index in [0.717, 1.165) is 58.7 Å². The molecule has 4 aromatic rings. The molecule has 1 aliphatic carbocycles. The van der Waals surface area contributed by atoms with Crippen molar-refractivity contribution in [2.45, 2.75) is 44.2 Å². The van der Waals surface area contributed by atoms with Gasteiger partial charge >= 0.3 is 0 Å². The molecule has 0 aliphatic heterocycles. The Morgan fingerprint density at radius 3 is 2.83 bits per heavy atom. The molecule has 8 nitrogen and oxygen atoms in total. The summed E-state index contributed by atoms with van der Waals surface area (Å²) in [4.78, 5) is 12.6. The first-order valence-electron chi connectivity index (χ1n) is 10.2. The molecule has 5 rings (SSSR count). The maximum absolute atomic E-state index is 10.2. The summed E-state index contributed by atoms with van der Waals surface area (Å²) >= 11 is 0. The highest BCUT2D eigenvalue weighted by molar-refractivity contribution is 5.99. The Morgan fingerprint density at radius 1 is 1.20 bits per heavy atom. The smallest absolute Gasteiger partial charge is 0.228 e. The molecule has 0 saturated heterocycles. The van der Waals surface area contributed by atoms with Gasteiger partial charge in [0.15, 0.2) is 0 Å². The zero-order chi connectivity index (χ0) is 20.7. The number of rotatable bonds is 4. The van der Waals surface area contributed by atoms with E-state index in [1.165, 1.54) is 0 Å². The number of H-pyrrole nitrogens is 1. The van der Waals surface area contributed by atoms with Gasteiger partial charge in [0.05, 0.1) is 29.8 Å².